The van der Waals surface area contributed by atoms with E-state index in [9.17, 15) is 19.7 Å². The molecule has 0 aliphatic heterocycles. The second-order valence-corrected chi connectivity index (χ2v) is 3.39. The first kappa shape index (κ1) is 11.7. The average Bonchev–Trinajstić information content (AvgIpc) is 2.67. The van der Waals surface area contributed by atoms with Gasteiger partial charge < -0.3 is 4.52 Å². The quantitative estimate of drug-likeness (QED) is 0.557. The van der Waals surface area contributed by atoms with Crippen molar-refractivity contribution in [2.75, 3.05) is 0 Å². The molecule has 18 heavy (non-hydrogen) atoms. The van der Waals surface area contributed by atoms with Crippen LogP contribution >= 0.6 is 0 Å². The number of aromatic nitrogens is 4. The third-order valence-electron chi connectivity index (χ3n) is 2.07. The summed E-state index contributed by atoms with van der Waals surface area (Å²) in [5, 5.41) is 14.1. The second-order valence-electron chi connectivity index (χ2n) is 3.39. The predicted octanol–water partition coefficient (Wildman–Crippen LogP) is -0.815. The molecule has 0 aliphatic carbocycles. The highest BCUT2D eigenvalue weighted by Crippen LogP contribution is 2.01. The van der Waals surface area contributed by atoms with E-state index >= 15 is 0 Å². The molecule has 0 bridgehead atoms. The standard InChI is InChI=1S/C8H7N5O5/c1-4-9-6(11-18-4)3-12-2-5(13(16)17)7(14)10-8(12)15/h2H,3H2,1H3,(H,10,14,15). The molecule has 0 saturated carbocycles. The Morgan fingerprint density at radius 3 is 2.83 bits per heavy atom. The van der Waals surface area contributed by atoms with Crippen molar-refractivity contribution in [1.29, 1.82) is 0 Å². The number of nitrogens with zero attached hydrogens (tertiary/aromatic N) is 4. The smallest absolute Gasteiger partial charge is 0.340 e. The molecule has 10 nitrogen and oxygen atoms in total. The summed E-state index contributed by atoms with van der Waals surface area (Å²) in [6.07, 6.45) is 0.840. The van der Waals surface area contributed by atoms with E-state index in [-0.39, 0.29) is 12.4 Å². The van der Waals surface area contributed by atoms with Gasteiger partial charge in [0.2, 0.25) is 5.89 Å². The number of hydrogen-bond acceptors (Lipinski definition) is 7. The van der Waals surface area contributed by atoms with Crippen molar-refractivity contribution in [3.63, 3.8) is 0 Å². The zero-order valence-electron chi connectivity index (χ0n) is 9.11. The number of nitrogens with one attached hydrogen (secondary N) is 1. The lowest BCUT2D eigenvalue weighted by molar-refractivity contribution is -0.386. The Balaban J connectivity index is 2.45. The van der Waals surface area contributed by atoms with Gasteiger partial charge in [-0.1, -0.05) is 5.16 Å². The summed E-state index contributed by atoms with van der Waals surface area (Å²) in [6.45, 7) is 1.43. The maximum absolute atomic E-state index is 11.4. The number of H-pyrrole nitrogens is 1. The summed E-state index contributed by atoms with van der Waals surface area (Å²) in [5.74, 6) is 0.480. The first-order valence-corrected chi connectivity index (χ1v) is 4.74. The molecule has 2 aromatic heterocycles. The summed E-state index contributed by atoms with van der Waals surface area (Å²) in [4.78, 5) is 37.9. The fourth-order valence-electron chi connectivity index (χ4n) is 1.30. The van der Waals surface area contributed by atoms with Crippen LogP contribution in [0.4, 0.5) is 5.69 Å². The van der Waals surface area contributed by atoms with Crippen molar-refractivity contribution in [2.45, 2.75) is 13.5 Å². The maximum Gasteiger partial charge on any atom is 0.350 e. The highest BCUT2D eigenvalue weighted by Gasteiger charge is 2.15. The van der Waals surface area contributed by atoms with Crippen molar-refractivity contribution >= 4 is 5.69 Å². The Bertz CT molecular complexity index is 711. The lowest BCUT2D eigenvalue weighted by Gasteiger charge is -2.00. The Labute approximate surface area is 98.0 Å². The average molecular weight is 253 g/mol. The van der Waals surface area contributed by atoms with E-state index in [0.717, 1.165) is 10.8 Å². The molecule has 0 saturated heterocycles. The van der Waals surface area contributed by atoms with Crippen molar-refractivity contribution in [3.05, 3.63) is 48.9 Å². The number of rotatable bonds is 3. The van der Waals surface area contributed by atoms with Gasteiger partial charge in [0.25, 0.3) is 0 Å². The second kappa shape index (κ2) is 4.24. The molecule has 94 valence electrons. The van der Waals surface area contributed by atoms with Crippen LogP contribution in [-0.2, 0) is 6.54 Å². The number of nitro groups is 1. The third-order valence-corrected chi connectivity index (χ3v) is 2.07. The van der Waals surface area contributed by atoms with Gasteiger partial charge in [0.15, 0.2) is 5.82 Å². The molecule has 0 aromatic carbocycles. The van der Waals surface area contributed by atoms with Crippen LogP contribution in [0.15, 0.2) is 20.3 Å². The molecule has 0 spiro atoms. The fraction of sp³-hybridized carbons (Fsp3) is 0.250. The van der Waals surface area contributed by atoms with Crippen molar-refractivity contribution < 1.29 is 9.45 Å². The summed E-state index contributed by atoms with van der Waals surface area (Å²) in [6, 6.07) is 0. The van der Waals surface area contributed by atoms with Gasteiger partial charge in [0.05, 0.1) is 17.7 Å². The van der Waals surface area contributed by atoms with Crippen LogP contribution in [0, 0.1) is 17.0 Å². The van der Waals surface area contributed by atoms with Crippen LogP contribution in [-0.4, -0.2) is 24.6 Å². The van der Waals surface area contributed by atoms with E-state index in [4.69, 9.17) is 4.52 Å². The number of aromatic amines is 1. The Kier molecular flexibility index (Phi) is 2.75. The van der Waals surface area contributed by atoms with Crippen LogP contribution < -0.4 is 11.2 Å². The molecule has 0 aliphatic rings. The normalized spacial score (nSPS) is 10.5. The molecule has 0 fully saturated rings. The van der Waals surface area contributed by atoms with Gasteiger partial charge in [-0.2, -0.15) is 4.98 Å². The van der Waals surface area contributed by atoms with Crippen molar-refractivity contribution in [1.82, 2.24) is 19.7 Å². The first-order chi connectivity index (χ1) is 8.47. The molecule has 0 atom stereocenters. The molecular weight excluding hydrogens is 246 g/mol. The highest BCUT2D eigenvalue weighted by molar-refractivity contribution is 5.20. The fourth-order valence-corrected chi connectivity index (χ4v) is 1.30. The van der Waals surface area contributed by atoms with Crippen LogP contribution in [0.25, 0.3) is 0 Å². The van der Waals surface area contributed by atoms with Gasteiger partial charge in [0, 0.05) is 6.92 Å². The monoisotopic (exact) mass is 253 g/mol. The van der Waals surface area contributed by atoms with Crippen molar-refractivity contribution in [3.8, 4) is 0 Å². The van der Waals surface area contributed by atoms with E-state index in [1.807, 2.05) is 4.98 Å². The molecular formula is C8H7N5O5. The molecule has 1 N–H and O–H groups in total. The number of hydrogen-bond donors (Lipinski definition) is 1. The minimum Gasteiger partial charge on any atom is -0.340 e. The lowest BCUT2D eigenvalue weighted by atomic mass is 10.5. The summed E-state index contributed by atoms with van der Waals surface area (Å²) < 4.78 is 5.62. The van der Waals surface area contributed by atoms with E-state index in [1.165, 1.54) is 0 Å². The molecule has 0 unspecified atom stereocenters. The SMILES string of the molecule is Cc1nc(Cn2cc([N+](=O)[O-])c(=O)[nH]c2=O)no1. The van der Waals surface area contributed by atoms with Crippen LogP contribution in [0.2, 0.25) is 0 Å². The molecule has 0 amide bonds. The van der Waals surface area contributed by atoms with E-state index in [1.54, 1.807) is 6.92 Å². The van der Waals surface area contributed by atoms with Gasteiger partial charge in [-0.25, -0.2) is 4.79 Å². The minimum absolute atomic E-state index is 0.131. The van der Waals surface area contributed by atoms with Crippen LogP contribution in [0.3, 0.4) is 0 Å². The summed E-state index contributed by atoms with van der Waals surface area (Å²) >= 11 is 0. The minimum atomic E-state index is -1.05. The maximum atomic E-state index is 11.4. The van der Waals surface area contributed by atoms with Crippen molar-refractivity contribution in [2.24, 2.45) is 0 Å². The van der Waals surface area contributed by atoms with Gasteiger partial charge in [0.1, 0.15) is 0 Å². The van der Waals surface area contributed by atoms with E-state index in [0.29, 0.717) is 5.89 Å². The Morgan fingerprint density at radius 1 is 1.56 bits per heavy atom. The van der Waals surface area contributed by atoms with Crippen LogP contribution in [0.5, 0.6) is 0 Å². The molecule has 0 radical (unpaired) electrons. The van der Waals surface area contributed by atoms with Gasteiger partial charge in [-0.05, 0) is 0 Å². The zero-order chi connectivity index (χ0) is 13.3. The number of aryl methyl sites for hydroxylation is 1. The summed E-state index contributed by atoms with van der Waals surface area (Å²) in [7, 11) is 0. The first-order valence-electron chi connectivity index (χ1n) is 4.74. The van der Waals surface area contributed by atoms with Crippen LogP contribution in [0.1, 0.15) is 11.7 Å². The Morgan fingerprint density at radius 2 is 2.28 bits per heavy atom. The molecule has 2 heterocycles. The van der Waals surface area contributed by atoms with Gasteiger partial charge >= 0.3 is 16.9 Å². The molecule has 2 rings (SSSR count). The summed E-state index contributed by atoms with van der Waals surface area (Å²) in [5.41, 5.74) is -2.56. The highest BCUT2D eigenvalue weighted by atomic mass is 16.6. The van der Waals surface area contributed by atoms with E-state index in [2.05, 4.69) is 10.1 Å². The molecule has 2 aromatic rings. The largest absolute Gasteiger partial charge is 0.350 e. The topological polar surface area (TPSA) is 137 Å². The third kappa shape index (κ3) is 2.16. The lowest BCUT2D eigenvalue weighted by Crippen LogP contribution is -2.31. The van der Waals surface area contributed by atoms with Gasteiger partial charge in [-0.3, -0.25) is 24.5 Å². The predicted molar refractivity (Wildman–Crippen MR) is 56.1 cm³/mol. The van der Waals surface area contributed by atoms with E-state index < -0.39 is 21.9 Å². The zero-order valence-corrected chi connectivity index (χ0v) is 9.11. The molecule has 10 heteroatoms. The van der Waals surface area contributed by atoms with Gasteiger partial charge in [-0.15, -0.1) is 0 Å². The Hall–Kier alpha value is -2.78.